The molecule has 1 aliphatic heterocycles. The molecule has 5 nitrogen and oxygen atoms in total. The zero-order valence-electron chi connectivity index (χ0n) is 14.5. The number of nitrogens with two attached hydrogens (primary N) is 1. The van der Waals surface area contributed by atoms with Crippen molar-refractivity contribution in [2.75, 3.05) is 32.7 Å². The van der Waals surface area contributed by atoms with Gasteiger partial charge in [-0.15, -0.1) is 0 Å². The number of hydrogen-bond donors (Lipinski definition) is 2. The van der Waals surface area contributed by atoms with Crippen molar-refractivity contribution in [3.05, 3.63) is 0 Å². The van der Waals surface area contributed by atoms with Crippen LogP contribution in [0, 0.1) is 0 Å². The van der Waals surface area contributed by atoms with Crippen LogP contribution in [-0.2, 0) is 4.79 Å². The summed E-state index contributed by atoms with van der Waals surface area (Å²) in [5, 5.41) is 3.07. The second-order valence-corrected chi connectivity index (χ2v) is 7.13. The standard InChI is InChI=1S/C16H34N4O/c1-6-14(7-8-17)20-11-9-19(10-12-20)13(2)15(21)18-16(3,4)5/h13-14H,6-12,17H2,1-5H3,(H,18,21). The van der Waals surface area contributed by atoms with Gasteiger partial charge >= 0.3 is 0 Å². The van der Waals surface area contributed by atoms with Crippen LogP contribution in [0.5, 0.6) is 0 Å². The average Bonchev–Trinajstić information content (AvgIpc) is 2.42. The van der Waals surface area contributed by atoms with Gasteiger partial charge in [-0.3, -0.25) is 14.6 Å². The van der Waals surface area contributed by atoms with E-state index in [1.807, 2.05) is 27.7 Å². The van der Waals surface area contributed by atoms with Crippen molar-refractivity contribution >= 4 is 5.91 Å². The molecule has 3 N–H and O–H groups in total. The maximum absolute atomic E-state index is 12.2. The first-order valence-corrected chi connectivity index (χ1v) is 8.28. The molecule has 21 heavy (non-hydrogen) atoms. The fourth-order valence-corrected chi connectivity index (χ4v) is 2.97. The van der Waals surface area contributed by atoms with Gasteiger partial charge in [0.05, 0.1) is 6.04 Å². The van der Waals surface area contributed by atoms with Crippen LogP contribution >= 0.6 is 0 Å². The Labute approximate surface area is 130 Å². The second-order valence-electron chi connectivity index (χ2n) is 7.13. The molecule has 124 valence electrons. The average molecular weight is 298 g/mol. The van der Waals surface area contributed by atoms with Gasteiger partial charge in [0, 0.05) is 37.8 Å². The third kappa shape index (κ3) is 5.93. The summed E-state index contributed by atoms with van der Waals surface area (Å²) < 4.78 is 0. The summed E-state index contributed by atoms with van der Waals surface area (Å²) in [5.41, 5.74) is 5.53. The molecule has 0 aliphatic carbocycles. The topological polar surface area (TPSA) is 61.6 Å². The molecule has 1 rings (SSSR count). The number of nitrogens with zero attached hydrogens (tertiary/aromatic N) is 2. The van der Waals surface area contributed by atoms with E-state index < -0.39 is 0 Å². The molecule has 1 heterocycles. The Hall–Kier alpha value is -0.650. The molecular formula is C16H34N4O. The fraction of sp³-hybridized carbons (Fsp3) is 0.938. The molecule has 5 heteroatoms. The first-order chi connectivity index (χ1) is 9.78. The highest BCUT2D eigenvalue weighted by atomic mass is 16.2. The van der Waals surface area contributed by atoms with E-state index >= 15 is 0 Å². The fourth-order valence-electron chi connectivity index (χ4n) is 2.97. The van der Waals surface area contributed by atoms with Crippen LogP contribution < -0.4 is 11.1 Å². The Morgan fingerprint density at radius 1 is 1.19 bits per heavy atom. The van der Waals surface area contributed by atoms with Crippen LogP contribution in [0.15, 0.2) is 0 Å². The largest absolute Gasteiger partial charge is 0.350 e. The van der Waals surface area contributed by atoms with Crippen molar-refractivity contribution in [1.82, 2.24) is 15.1 Å². The summed E-state index contributed by atoms with van der Waals surface area (Å²) in [6, 6.07) is 0.539. The molecular weight excluding hydrogens is 264 g/mol. The first-order valence-electron chi connectivity index (χ1n) is 8.28. The molecule has 1 aliphatic rings. The van der Waals surface area contributed by atoms with E-state index in [0.29, 0.717) is 6.04 Å². The quantitative estimate of drug-likeness (QED) is 0.769. The number of piperazine rings is 1. The normalized spacial score (nSPS) is 21.0. The number of carbonyl (C=O) groups is 1. The van der Waals surface area contributed by atoms with Crippen LogP contribution in [0.2, 0.25) is 0 Å². The lowest BCUT2D eigenvalue weighted by Crippen LogP contribution is -2.57. The van der Waals surface area contributed by atoms with Gasteiger partial charge in [-0.05, 0) is 47.1 Å². The van der Waals surface area contributed by atoms with Crippen molar-refractivity contribution in [3.63, 3.8) is 0 Å². The van der Waals surface area contributed by atoms with E-state index in [1.165, 1.54) is 0 Å². The van der Waals surface area contributed by atoms with Crippen LogP contribution in [0.3, 0.4) is 0 Å². The molecule has 2 atom stereocenters. The lowest BCUT2D eigenvalue weighted by molar-refractivity contribution is -0.128. The minimum atomic E-state index is -0.165. The van der Waals surface area contributed by atoms with E-state index in [1.54, 1.807) is 0 Å². The Morgan fingerprint density at radius 3 is 2.14 bits per heavy atom. The first kappa shape index (κ1) is 18.4. The zero-order chi connectivity index (χ0) is 16.0. The Balaban J connectivity index is 2.46. The SMILES string of the molecule is CCC(CCN)N1CCN(C(C)C(=O)NC(C)(C)C)CC1. The van der Waals surface area contributed by atoms with Crippen LogP contribution in [0.4, 0.5) is 0 Å². The van der Waals surface area contributed by atoms with Crippen molar-refractivity contribution in [2.24, 2.45) is 5.73 Å². The summed E-state index contributed by atoms with van der Waals surface area (Å²) in [4.78, 5) is 17.1. The second kappa shape index (κ2) is 8.11. The molecule has 0 aromatic heterocycles. The molecule has 0 saturated carbocycles. The van der Waals surface area contributed by atoms with Crippen LogP contribution in [0.25, 0.3) is 0 Å². The maximum atomic E-state index is 12.2. The molecule has 1 saturated heterocycles. The maximum Gasteiger partial charge on any atom is 0.237 e. The summed E-state index contributed by atoms with van der Waals surface area (Å²) >= 11 is 0. The van der Waals surface area contributed by atoms with Gasteiger partial charge in [-0.2, -0.15) is 0 Å². The third-order valence-electron chi connectivity index (χ3n) is 4.26. The number of amides is 1. The van der Waals surface area contributed by atoms with E-state index in [-0.39, 0.29) is 17.5 Å². The zero-order valence-corrected chi connectivity index (χ0v) is 14.5. The van der Waals surface area contributed by atoms with Crippen molar-refractivity contribution in [3.8, 4) is 0 Å². The lowest BCUT2D eigenvalue weighted by Gasteiger charge is -2.41. The third-order valence-corrected chi connectivity index (χ3v) is 4.26. The summed E-state index contributed by atoms with van der Waals surface area (Å²) in [7, 11) is 0. The summed E-state index contributed by atoms with van der Waals surface area (Å²) in [6.07, 6.45) is 2.22. The van der Waals surface area contributed by atoms with Crippen LogP contribution in [0.1, 0.15) is 47.5 Å². The summed E-state index contributed by atoms with van der Waals surface area (Å²) in [5.74, 6) is 0.130. The van der Waals surface area contributed by atoms with E-state index in [9.17, 15) is 4.79 Å². The van der Waals surface area contributed by atoms with Gasteiger partial charge in [-0.25, -0.2) is 0 Å². The molecule has 1 fully saturated rings. The van der Waals surface area contributed by atoms with Crippen molar-refractivity contribution in [1.29, 1.82) is 0 Å². The molecule has 1 amide bonds. The molecule has 0 radical (unpaired) electrons. The monoisotopic (exact) mass is 298 g/mol. The minimum absolute atomic E-state index is 0.0547. The highest BCUT2D eigenvalue weighted by Gasteiger charge is 2.29. The number of rotatable bonds is 6. The molecule has 0 aromatic rings. The number of hydrogen-bond acceptors (Lipinski definition) is 4. The lowest BCUT2D eigenvalue weighted by atomic mass is 10.1. The van der Waals surface area contributed by atoms with Crippen molar-refractivity contribution in [2.45, 2.75) is 65.1 Å². The van der Waals surface area contributed by atoms with Gasteiger partial charge in [0.15, 0.2) is 0 Å². The highest BCUT2D eigenvalue weighted by molar-refractivity contribution is 5.81. The van der Waals surface area contributed by atoms with Gasteiger partial charge in [0.2, 0.25) is 5.91 Å². The van der Waals surface area contributed by atoms with Crippen molar-refractivity contribution < 1.29 is 4.79 Å². The highest BCUT2D eigenvalue weighted by Crippen LogP contribution is 2.14. The van der Waals surface area contributed by atoms with Crippen LogP contribution in [-0.4, -0.2) is 66.1 Å². The Bertz CT molecular complexity index is 319. The minimum Gasteiger partial charge on any atom is -0.350 e. The smallest absolute Gasteiger partial charge is 0.237 e. The Morgan fingerprint density at radius 2 is 1.71 bits per heavy atom. The van der Waals surface area contributed by atoms with Gasteiger partial charge in [-0.1, -0.05) is 6.92 Å². The number of nitrogens with one attached hydrogen (secondary N) is 1. The Kier molecular flexibility index (Phi) is 7.10. The van der Waals surface area contributed by atoms with E-state index in [0.717, 1.165) is 45.6 Å². The molecule has 2 unspecified atom stereocenters. The van der Waals surface area contributed by atoms with E-state index in [2.05, 4.69) is 22.0 Å². The number of carbonyl (C=O) groups excluding carboxylic acids is 1. The van der Waals surface area contributed by atoms with Gasteiger partial charge < -0.3 is 11.1 Å². The van der Waals surface area contributed by atoms with E-state index in [4.69, 9.17) is 5.73 Å². The molecule has 0 aromatic carbocycles. The summed E-state index contributed by atoms with van der Waals surface area (Å²) in [6.45, 7) is 15.0. The van der Waals surface area contributed by atoms with Gasteiger partial charge in [0.25, 0.3) is 0 Å². The predicted molar refractivity (Wildman–Crippen MR) is 88.3 cm³/mol. The predicted octanol–water partition coefficient (Wildman–Crippen LogP) is 1.03. The van der Waals surface area contributed by atoms with Gasteiger partial charge in [0.1, 0.15) is 0 Å². The molecule has 0 spiro atoms. The molecule has 0 bridgehead atoms.